The highest BCUT2D eigenvalue weighted by Gasteiger charge is 2.30. The van der Waals surface area contributed by atoms with Crippen molar-refractivity contribution in [3.8, 4) is 5.75 Å². The molecule has 1 saturated heterocycles. The Morgan fingerprint density at radius 3 is 2.86 bits per heavy atom. The fraction of sp³-hybridized carbons (Fsp3) is 0.533. The number of phenols is 1. The topological polar surface area (TPSA) is 59.0 Å². The van der Waals surface area contributed by atoms with E-state index in [-0.39, 0.29) is 17.9 Å². The van der Waals surface area contributed by atoms with Gasteiger partial charge in [0.05, 0.1) is 13.2 Å². The number of ether oxygens (including phenoxy) is 2. The predicted octanol–water partition coefficient (Wildman–Crippen LogP) is 2.84. The third-order valence-corrected chi connectivity index (χ3v) is 3.04. The van der Waals surface area contributed by atoms with Crippen LogP contribution in [0.4, 0.5) is 9.18 Å². The van der Waals surface area contributed by atoms with Crippen molar-refractivity contribution in [1.29, 1.82) is 0 Å². The highest BCUT2D eigenvalue weighted by Crippen LogP contribution is 2.28. The molecule has 0 spiro atoms. The zero-order chi connectivity index (χ0) is 15.6. The summed E-state index contributed by atoms with van der Waals surface area (Å²) < 4.78 is 24.6. The molecular formula is C15H20FNO4. The van der Waals surface area contributed by atoms with Gasteiger partial charge >= 0.3 is 6.09 Å². The van der Waals surface area contributed by atoms with Crippen molar-refractivity contribution in [2.45, 2.75) is 32.5 Å². The Kier molecular flexibility index (Phi) is 4.37. The fourth-order valence-corrected chi connectivity index (χ4v) is 2.11. The highest BCUT2D eigenvalue weighted by atomic mass is 19.1. The molecule has 1 aliphatic rings. The first-order valence-corrected chi connectivity index (χ1v) is 6.84. The van der Waals surface area contributed by atoms with Crippen molar-refractivity contribution in [1.82, 2.24) is 4.90 Å². The van der Waals surface area contributed by atoms with Crippen LogP contribution >= 0.6 is 0 Å². The first-order chi connectivity index (χ1) is 9.76. The molecule has 0 unspecified atom stereocenters. The molecule has 1 heterocycles. The monoisotopic (exact) mass is 297 g/mol. The number of hydrogen-bond donors (Lipinski definition) is 1. The summed E-state index contributed by atoms with van der Waals surface area (Å²) in [5.74, 6) is -0.506. The van der Waals surface area contributed by atoms with Crippen LogP contribution in [0.2, 0.25) is 0 Å². The number of aromatic hydroxyl groups is 1. The van der Waals surface area contributed by atoms with Crippen LogP contribution in [0.5, 0.6) is 5.75 Å². The Bertz CT molecular complexity index is 527. The third-order valence-electron chi connectivity index (χ3n) is 3.04. The minimum absolute atomic E-state index is 0.0376. The quantitative estimate of drug-likeness (QED) is 0.866. The second-order valence-electron chi connectivity index (χ2n) is 5.99. The van der Waals surface area contributed by atoms with Crippen molar-refractivity contribution in [2.24, 2.45) is 0 Å². The minimum Gasteiger partial charge on any atom is -0.508 e. The lowest BCUT2D eigenvalue weighted by molar-refractivity contribution is -0.0444. The Labute approximate surface area is 123 Å². The number of amides is 1. The van der Waals surface area contributed by atoms with E-state index in [4.69, 9.17) is 9.47 Å². The maximum atomic E-state index is 13.8. The summed E-state index contributed by atoms with van der Waals surface area (Å²) in [4.78, 5) is 13.5. The molecule has 0 aliphatic carbocycles. The molecule has 116 valence electrons. The van der Waals surface area contributed by atoms with E-state index in [0.29, 0.717) is 13.2 Å². The van der Waals surface area contributed by atoms with Crippen LogP contribution in [0.1, 0.15) is 32.4 Å². The smallest absolute Gasteiger partial charge is 0.410 e. The molecular weight excluding hydrogens is 277 g/mol. The average Bonchev–Trinajstić information content (AvgIpc) is 2.40. The summed E-state index contributed by atoms with van der Waals surface area (Å²) >= 11 is 0. The Balaban J connectivity index is 2.10. The van der Waals surface area contributed by atoms with E-state index >= 15 is 0 Å². The number of rotatable bonds is 1. The number of carbonyl (C=O) groups is 1. The van der Waals surface area contributed by atoms with Gasteiger partial charge in [0.25, 0.3) is 0 Å². The van der Waals surface area contributed by atoms with Crippen LogP contribution in [0.15, 0.2) is 18.2 Å². The zero-order valence-electron chi connectivity index (χ0n) is 12.4. The number of nitrogens with zero attached hydrogens (tertiary/aromatic N) is 1. The standard InChI is InChI=1S/C15H20FNO4/c1-15(2,3)21-14(19)17-6-7-20-13(9-17)11-8-10(18)4-5-12(11)16/h4-5,8,13,18H,6-7,9H2,1-3H3/t13-/m1/s1. The maximum Gasteiger partial charge on any atom is 0.410 e. The first kappa shape index (κ1) is 15.6. The molecule has 0 saturated carbocycles. The molecule has 0 radical (unpaired) electrons. The van der Waals surface area contributed by atoms with Crippen molar-refractivity contribution in [2.75, 3.05) is 19.7 Å². The van der Waals surface area contributed by atoms with Crippen LogP contribution in [0, 0.1) is 5.82 Å². The molecule has 1 fully saturated rings. The molecule has 2 rings (SSSR count). The van der Waals surface area contributed by atoms with E-state index in [0.717, 1.165) is 0 Å². The van der Waals surface area contributed by atoms with Gasteiger partial charge in [0.2, 0.25) is 0 Å². The van der Waals surface area contributed by atoms with Crippen molar-refractivity contribution >= 4 is 6.09 Å². The molecule has 0 aromatic heterocycles. The molecule has 1 amide bonds. The van der Waals surface area contributed by atoms with E-state index in [9.17, 15) is 14.3 Å². The largest absolute Gasteiger partial charge is 0.508 e. The second-order valence-corrected chi connectivity index (χ2v) is 5.99. The van der Waals surface area contributed by atoms with Gasteiger partial charge in [-0.2, -0.15) is 0 Å². The van der Waals surface area contributed by atoms with Gasteiger partial charge in [-0.25, -0.2) is 9.18 Å². The molecule has 21 heavy (non-hydrogen) atoms. The zero-order valence-corrected chi connectivity index (χ0v) is 12.4. The minimum atomic E-state index is -0.613. The number of hydrogen-bond acceptors (Lipinski definition) is 4. The summed E-state index contributed by atoms with van der Waals surface area (Å²) in [6, 6.07) is 3.77. The summed E-state index contributed by atoms with van der Waals surface area (Å²) in [6.07, 6.45) is -1.06. The lowest BCUT2D eigenvalue weighted by Gasteiger charge is -2.34. The van der Waals surface area contributed by atoms with Crippen molar-refractivity contribution in [3.05, 3.63) is 29.6 Å². The SMILES string of the molecule is CC(C)(C)OC(=O)N1CCO[C@@H](c2cc(O)ccc2F)C1. The average molecular weight is 297 g/mol. The van der Waals surface area contributed by atoms with E-state index in [2.05, 4.69) is 0 Å². The van der Waals surface area contributed by atoms with Gasteiger partial charge in [-0.3, -0.25) is 0 Å². The number of morpholine rings is 1. The second kappa shape index (κ2) is 5.89. The van der Waals surface area contributed by atoms with E-state index in [1.165, 1.54) is 23.1 Å². The maximum absolute atomic E-state index is 13.8. The van der Waals surface area contributed by atoms with Gasteiger partial charge in [0.15, 0.2) is 0 Å². The van der Waals surface area contributed by atoms with Crippen LogP contribution in [-0.2, 0) is 9.47 Å². The van der Waals surface area contributed by atoms with Crippen LogP contribution in [-0.4, -0.2) is 41.4 Å². The number of carbonyl (C=O) groups excluding carboxylic acids is 1. The predicted molar refractivity (Wildman–Crippen MR) is 74.6 cm³/mol. The van der Waals surface area contributed by atoms with E-state index in [1.54, 1.807) is 20.8 Å². The third kappa shape index (κ3) is 4.07. The van der Waals surface area contributed by atoms with Crippen molar-refractivity contribution in [3.63, 3.8) is 0 Å². The molecule has 1 aliphatic heterocycles. The Hall–Kier alpha value is -1.82. The summed E-state index contributed by atoms with van der Waals surface area (Å²) in [7, 11) is 0. The molecule has 1 aromatic rings. The first-order valence-electron chi connectivity index (χ1n) is 6.84. The lowest BCUT2D eigenvalue weighted by atomic mass is 10.1. The molecule has 1 atom stereocenters. The Morgan fingerprint density at radius 1 is 1.48 bits per heavy atom. The lowest BCUT2D eigenvalue weighted by Crippen LogP contribution is -2.44. The van der Waals surface area contributed by atoms with Gasteiger partial charge < -0.3 is 19.5 Å². The number of phenolic OH excluding ortho intramolecular Hbond substituents is 1. The molecule has 1 aromatic carbocycles. The molecule has 5 nitrogen and oxygen atoms in total. The van der Waals surface area contributed by atoms with Gasteiger partial charge in [-0.15, -0.1) is 0 Å². The van der Waals surface area contributed by atoms with Gasteiger partial charge in [-0.05, 0) is 39.0 Å². The van der Waals surface area contributed by atoms with Gasteiger partial charge in [-0.1, -0.05) is 0 Å². The summed E-state index contributed by atoms with van der Waals surface area (Å²) in [5, 5.41) is 9.47. The van der Waals surface area contributed by atoms with Crippen LogP contribution < -0.4 is 0 Å². The van der Waals surface area contributed by atoms with Crippen LogP contribution in [0.25, 0.3) is 0 Å². The van der Waals surface area contributed by atoms with E-state index < -0.39 is 23.6 Å². The fourth-order valence-electron chi connectivity index (χ4n) is 2.11. The molecule has 0 bridgehead atoms. The molecule has 1 N–H and O–H groups in total. The number of benzene rings is 1. The normalized spacial score (nSPS) is 19.4. The summed E-state index contributed by atoms with van der Waals surface area (Å²) in [5.41, 5.74) is -0.343. The van der Waals surface area contributed by atoms with E-state index in [1.807, 2.05) is 0 Å². The Morgan fingerprint density at radius 2 is 2.19 bits per heavy atom. The summed E-state index contributed by atoms with van der Waals surface area (Å²) in [6.45, 7) is 6.24. The van der Waals surface area contributed by atoms with Crippen molar-refractivity contribution < 1.29 is 23.8 Å². The van der Waals surface area contributed by atoms with Gasteiger partial charge in [0.1, 0.15) is 23.3 Å². The molecule has 6 heteroatoms. The van der Waals surface area contributed by atoms with Gasteiger partial charge in [0, 0.05) is 12.1 Å². The highest BCUT2D eigenvalue weighted by molar-refractivity contribution is 5.68. The number of halogens is 1. The van der Waals surface area contributed by atoms with Crippen LogP contribution in [0.3, 0.4) is 0 Å².